The van der Waals surface area contributed by atoms with E-state index in [0.29, 0.717) is 11.4 Å². The number of hydrogen-bond acceptors (Lipinski definition) is 16. The van der Waals surface area contributed by atoms with Crippen LogP contribution < -0.4 is 16.0 Å². The van der Waals surface area contributed by atoms with Gasteiger partial charge in [-0.1, -0.05) is 39.0 Å². The van der Waals surface area contributed by atoms with Crippen molar-refractivity contribution in [2.45, 2.75) is 36.0 Å². The molecule has 5 aromatic rings. The Morgan fingerprint density at radius 2 is 1.47 bits per heavy atom. The summed E-state index contributed by atoms with van der Waals surface area (Å²) in [7, 11) is -9.87. The molecule has 0 aliphatic carbocycles. The Morgan fingerprint density at radius 1 is 0.849 bits per heavy atom. The number of para-hydroxylation sites is 1. The van der Waals surface area contributed by atoms with Gasteiger partial charge in [-0.15, -0.1) is 10.2 Å². The van der Waals surface area contributed by atoms with Crippen LogP contribution in [0.3, 0.4) is 0 Å². The summed E-state index contributed by atoms with van der Waals surface area (Å²) in [5.74, 6) is -0.0770. The van der Waals surface area contributed by atoms with Gasteiger partial charge in [-0.3, -0.25) is 9.11 Å². The minimum atomic E-state index is -5.01. The fraction of sp³-hybridized carbons (Fsp3) is 0.267. The molecule has 0 unspecified atom stereocenters. The predicted molar refractivity (Wildman–Crippen MR) is 190 cm³/mol. The molecule has 53 heavy (non-hydrogen) atoms. The maximum absolute atomic E-state index is 12.3. The third-order valence-electron chi connectivity index (χ3n) is 7.05. The van der Waals surface area contributed by atoms with Crippen molar-refractivity contribution in [2.24, 2.45) is 10.2 Å². The molecule has 2 aromatic carbocycles. The van der Waals surface area contributed by atoms with Crippen molar-refractivity contribution in [1.82, 2.24) is 34.5 Å². The van der Waals surface area contributed by atoms with Gasteiger partial charge in [0.15, 0.2) is 17.3 Å². The van der Waals surface area contributed by atoms with Crippen LogP contribution in [0.4, 0.5) is 40.9 Å². The summed E-state index contributed by atoms with van der Waals surface area (Å²) in [6.45, 7) is 13.1. The number of aliphatic hydroxyl groups is 2. The SMILES string of the molecule is [C-]#[N+]c1cnn(-c2cc(S(=O)(=O)O)ccc2S(=O)(=O)O)c1N=Nc1c(C(C)(C)C)nn(-c2ccccc2)c1Nc1nc(NCCO)nc(NCCO)n1. The summed E-state index contributed by atoms with van der Waals surface area (Å²) in [6, 6.07) is 11.2. The molecule has 21 nitrogen and oxygen atoms in total. The zero-order valence-corrected chi connectivity index (χ0v) is 29.9. The largest absolute Gasteiger partial charge is 0.395 e. The van der Waals surface area contributed by atoms with Gasteiger partial charge in [-0.05, 0) is 30.3 Å². The average Bonchev–Trinajstić information content (AvgIpc) is 3.69. The molecule has 23 heteroatoms. The first kappa shape index (κ1) is 38.3. The van der Waals surface area contributed by atoms with Gasteiger partial charge in [-0.2, -0.15) is 42.0 Å². The molecule has 0 spiro atoms. The fourth-order valence-corrected chi connectivity index (χ4v) is 5.88. The fourth-order valence-electron chi connectivity index (χ4n) is 4.73. The number of azo groups is 1. The lowest BCUT2D eigenvalue weighted by Crippen LogP contribution is -2.15. The van der Waals surface area contributed by atoms with Crippen LogP contribution in [0.25, 0.3) is 16.2 Å². The molecule has 0 saturated carbocycles. The van der Waals surface area contributed by atoms with Crippen LogP contribution in [-0.2, 0) is 25.7 Å². The Bertz CT molecular complexity index is 2390. The molecular formula is C30H33N13O8S2. The van der Waals surface area contributed by atoms with E-state index in [-0.39, 0.29) is 67.2 Å². The minimum Gasteiger partial charge on any atom is -0.395 e. The van der Waals surface area contributed by atoms with E-state index in [4.69, 9.17) is 11.7 Å². The zero-order valence-electron chi connectivity index (χ0n) is 28.2. The molecule has 0 radical (unpaired) electrons. The lowest BCUT2D eigenvalue weighted by molar-refractivity contribution is 0.310. The monoisotopic (exact) mass is 767 g/mol. The number of aliphatic hydroxyl groups excluding tert-OH is 2. The van der Waals surface area contributed by atoms with E-state index in [0.717, 1.165) is 29.1 Å². The topological polar surface area (TPSA) is 289 Å². The van der Waals surface area contributed by atoms with E-state index < -0.39 is 41.1 Å². The van der Waals surface area contributed by atoms with Gasteiger partial charge in [0.2, 0.25) is 17.8 Å². The third-order valence-corrected chi connectivity index (χ3v) is 8.80. The van der Waals surface area contributed by atoms with E-state index in [1.165, 1.54) is 4.68 Å². The summed E-state index contributed by atoms with van der Waals surface area (Å²) in [4.78, 5) is 14.9. The van der Waals surface area contributed by atoms with Crippen LogP contribution in [0.2, 0.25) is 0 Å². The molecule has 0 aliphatic heterocycles. The molecule has 3 aromatic heterocycles. The maximum atomic E-state index is 12.3. The molecule has 5 rings (SSSR count). The van der Waals surface area contributed by atoms with Crippen LogP contribution in [0.5, 0.6) is 0 Å². The van der Waals surface area contributed by atoms with Crippen molar-refractivity contribution in [3.63, 3.8) is 0 Å². The van der Waals surface area contributed by atoms with Gasteiger partial charge in [0, 0.05) is 18.5 Å². The predicted octanol–water partition coefficient (Wildman–Crippen LogP) is 3.55. The zero-order chi connectivity index (χ0) is 38.6. The number of nitrogens with one attached hydrogen (secondary N) is 3. The molecular weight excluding hydrogens is 735 g/mol. The molecule has 0 saturated heterocycles. The molecule has 0 bridgehead atoms. The van der Waals surface area contributed by atoms with Crippen molar-refractivity contribution in [1.29, 1.82) is 0 Å². The van der Waals surface area contributed by atoms with Gasteiger partial charge >= 0.3 is 0 Å². The van der Waals surface area contributed by atoms with E-state index in [1.807, 2.05) is 20.8 Å². The first-order chi connectivity index (χ1) is 25.0. The van der Waals surface area contributed by atoms with E-state index in [2.05, 4.69) is 51.1 Å². The second-order valence-corrected chi connectivity index (χ2v) is 14.7. The van der Waals surface area contributed by atoms with Gasteiger partial charge in [0.05, 0.1) is 47.9 Å². The normalized spacial score (nSPS) is 12.2. The minimum absolute atomic E-state index is 0.0263. The molecule has 3 heterocycles. The van der Waals surface area contributed by atoms with Gasteiger partial charge in [0.25, 0.3) is 25.9 Å². The van der Waals surface area contributed by atoms with Gasteiger partial charge in [-0.25, -0.2) is 14.2 Å². The second-order valence-electron chi connectivity index (χ2n) is 11.9. The Labute approximate surface area is 302 Å². The smallest absolute Gasteiger partial charge is 0.296 e. The molecule has 278 valence electrons. The molecule has 0 atom stereocenters. The van der Waals surface area contributed by atoms with E-state index >= 15 is 0 Å². The van der Waals surface area contributed by atoms with E-state index in [1.54, 1.807) is 30.3 Å². The quantitative estimate of drug-likeness (QED) is 0.0483. The van der Waals surface area contributed by atoms with Crippen LogP contribution in [0.15, 0.2) is 74.7 Å². The van der Waals surface area contributed by atoms with Crippen LogP contribution in [-0.4, -0.2) is 97.0 Å². The Kier molecular flexibility index (Phi) is 11.1. The Hall–Kier alpha value is -5.90. The lowest BCUT2D eigenvalue weighted by Gasteiger charge is -2.15. The Morgan fingerprint density at radius 3 is 2.02 bits per heavy atom. The first-order valence-electron chi connectivity index (χ1n) is 15.4. The summed E-state index contributed by atoms with van der Waals surface area (Å²) in [5, 5.41) is 45.2. The van der Waals surface area contributed by atoms with Crippen LogP contribution in [0.1, 0.15) is 26.5 Å². The molecule has 7 N–H and O–H groups in total. The van der Waals surface area contributed by atoms with Crippen molar-refractivity contribution in [2.75, 3.05) is 42.3 Å². The molecule has 0 aliphatic rings. The summed E-state index contributed by atoms with van der Waals surface area (Å²) < 4.78 is 70.6. The highest BCUT2D eigenvalue weighted by Crippen LogP contribution is 2.42. The highest BCUT2D eigenvalue weighted by Gasteiger charge is 2.30. The van der Waals surface area contributed by atoms with Gasteiger partial charge < -0.3 is 26.2 Å². The van der Waals surface area contributed by atoms with Crippen molar-refractivity contribution >= 4 is 61.1 Å². The standard InChI is InChI=1S/C30H33N13O8S2/c1-30(2,3)24-23(39-40-25-20(31-4)17-34-43(25)21-16-19(52(46,47)48)10-11-22(21)53(49,50)51)26(42(41-24)18-8-6-5-7-9-18)35-29-37-27(32-12-14-44)36-28(38-29)33-13-15-45/h5-11,16-17,44-45H,12-15H2,1-3H3,(H,46,47,48)(H,49,50,51)(H3,32,33,35,36,37,38). The lowest BCUT2D eigenvalue weighted by atomic mass is 9.91. The third kappa shape index (κ3) is 8.77. The first-order valence-corrected chi connectivity index (χ1v) is 18.3. The molecule has 0 amide bonds. The highest BCUT2D eigenvalue weighted by atomic mass is 32.2. The highest BCUT2D eigenvalue weighted by molar-refractivity contribution is 7.86. The van der Waals surface area contributed by atoms with E-state index in [9.17, 15) is 36.2 Å². The van der Waals surface area contributed by atoms with Crippen molar-refractivity contribution in [3.8, 4) is 11.4 Å². The number of rotatable bonds is 14. The number of nitrogens with zero attached hydrogens (tertiary/aromatic N) is 10. The van der Waals surface area contributed by atoms with Crippen LogP contribution >= 0.6 is 0 Å². The Balaban J connectivity index is 1.76. The van der Waals surface area contributed by atoms with Crippen molar-refractivity contribution < 1.29 is 36.2 Å². The summed E-state index contributed by atoms with van der Waals surface area (Å²) >= 11 is 0. The van der Waals surface area contributed by atoms with Crippen molar-refractivity contribution in [3.05, 3.63) is 71.8 Å². The molecule has 0 fully saturated rings. The number of hydrogen-bond donors (Lipinski definition) is 7. The number of anilines is 4. The number of aromatic nitrogens is 7. The maximum Gasteiger partial charge on any atom is 0.296 e. The second kappa shape index (κ2) is 15.4. The average molecular weight is 768 g/mol. The van der Waals surface area contributed by atoms with Gasteiger partial charge in [0.1, 0.15) is 4.90 Å². The summed E-state index contributed by atoms with van der Waals surface area (Å²) in [5.41, 5.74) is -0.470. The van der Waals surface area contributed by atoms with Crippen LogP contribution in [0, 0.1) is 6.57 Å². The number of benzene rings is 2. The summed E-state index contributed by atoms with van der Waals surface area (Å²) in [6.07, 6.45) is 1.03.